The number of amides is 1. The first kappa shape index (κ1) is 25.0. The van der Waals surface area contributed by atoms with Gasteiger partial charge in [0.25, 0.3) is 5.91 Å². The zero-order valence-corrected chi connectivity index (χ0v) is 21.7. The first-order chi connectivity index (χ1) is 18.0. The molecular formula is C28H20ClN3O3S2. The third kappa shape index (κ3) is 5.36. The number of ketones is 1. The van der Waals surface area contributed by atoms with Gasteiger partial charge in [0, 0.05) is 10.8 Å². The Morgan fingerprint density at radius 3 is 2.41 bits per heavy atom. The zero-order chi connectivity index (χ0) is 25.8. The standard InChI is InChI=1S/C28H20ClN3O3S2/c29-21-14-8-7-13-20(21)17-36-28-31-30-27(37-28)32-24(19-11-5-2-6-12-19)23(25(34)26(32)35)22(33)16-15-18-9-3-1-4-10-18/h1-16,24,34H,17H2. The number of aliphatic hydroxyl groups is 1. The summed E-state index contributed by atoms with van der Waals surface area (Å²) in [6.45, 7) is 0. The fourth-order valence-corrected chi connectivity index (χ4v) is 6.10. The van der Waals surface area contributed by atoms with Gasteiger partial charge in [-0.05, 0) is 28.8 Å². The number of aromatic nitrogens is 2. The first-order valence-corrected chi connectivity index (χ1v) is 13.5. The van der Waals surface area contributed by atoms with Gasteiger partial charge in [-0.1, -0.05) is 120 Å². The molecular weight excluding hydrogens is 526 g/mol. The summed E-state index contributed by atoms with van der Waals surface area (Å²) in [7, 11) is 0. The van der Waals surface area contributed by atoms with Gasteiger partial charge in [-0.2, -0.15) is 0 Å². The second-order valence-electron chi connectivity index (χ2n) is 8.09. The molecule has 1 unspecified atom stereocenters. The smallest absolute Gasteiger partial charge is 0.296 e. The molecule has 0 fully saturated rings. The molecule has 1 N–H and O–H groups in total. The first-order valence-electron chi connectivity index (χ1n) is 11.3. The molecule has 0 bridgehead atoms. The Balaban J connectivity index is 1.45. The van der Waals surface area contributed by atoms with Crippen LogP contribution in [0.2, 0.25) is 5.02 Å². The van der Waals surface area contributed by atoms with E-state index in [0.29, 0.717) is 25.8 Å². The average Bonchev–Trinajstić information content (AvgIpc) is 3.50. The van der Waals surface area contributed by atoms with Crippen molar-refractivity contribution in [2.24, 2.45) is 0 Å². The third-order valence-corrected chi connectivity index (χ3v) is 8.20. The predicted molar refractivity (Wildman–Crippen MR) is 148 cm³/mol. The lowest BCUT2D eigenvalue weighted by atomic mass is 9.96. The van der Waals surface area contributed by atoms with Crippen molar-refractivity contribution >= 4 is 57.6 Å². The summed E-state index contributed by atoms with van der Waals surface area (Å²) in [6, 6.07) is 25.2. The molecule has 0 radical (unpaired) electrons. The Morgan fingerprint density at radius 2 is 1.68 bits per heavy atom. The Hall–Kier alpha value is -3.72. The van der Waals surface area contributed by atoms with E-state index in [9.17, 15) is 14.7 Å². The minimum Gasteiger partial charge on any atom is -0.503 e. The van der Waals surface area contributed by atoms with Gasteiger partial charge >= 0.3 is 0 Å². The molecule has 1 aromatic heterocycles. The highest BCUT2D eigenvalue weighted by Crippen LogP contribution is 2.43. The summed E-state index contributed by atoms with van der Waals surface area (Å²) in [6.07, 6.45) is 3.03. The molecule has 1 atom stereocenters. The van der Waals surface area contributed by atoms with Crippen molar-refractivity contribution < 1.29 is 14.7 Å². The molecule has 1 aliphatic rings. The van der Waals surface area contributed by atoms with Gasteiger partial charge < -0.3 is 5.11 Å². The van der Waals surface area contributed by atoms with Crippen LogP contribution in [-0.2, 0) is 15.3 Å². The number of thioether (sulfide) groups is 1. The number of benzene rings is 3. The number of carbonyl (C=O) groups excluding carboxylic acids is 2. The van der Waals surface area contributed by atoms with Crippen molar-refractivity contribution in [1.82, 2.24) is 10.2 Å². The third-order valence-electron chi connectivity index (χ3n) is 5.73. The minimum absolute atomic E-state index is 0.00357. The molecule has 0 saturated heterocycles. The summed E-state index contributed by atoms with van der Waals surface area (Å²) in [5.41, 5.74) is 2.47. The van der Waals surface area contributed by atoms with Gasteiger partial charge in [0.15, 0.2) is 15.9 Å². The SMILES string of the molecule is O=C(C=Cc1ccccc1)C1=C(O)C(=O)N(c2nnc(SCc3ccccc3Cl)s2)C1c1ccccc1. The predicted octanol–water partition coefficient (Wildman–Crippen LogP) is 6.67. The van der Waals surface area contributed by atoms with Crippen molar-refractivity contribution in [3.8, 4) is 0 Å². The van der Waals surface area contributed by atoms with E-state index < -0.39 is 23.5 Å². The van der Waals surface area contributed by atoms with Crippen LogP contribution in [0.15, 0.2) is 107 Å². The lowest BCUT2D eigenvalue weighted by Crippen LogP contribution is -2.30. The summed E-state index contributed by atoms with van der Waals surface area (Å²) < 4.78 is 0.637. The van der Waals surface area contributed by atoms with Crippen LogP contribution in [0, 0.1) is 0 Å². The molecule has 3 aromatic carbocycles. The summed E-state index contributed by atoms with van der Waals surface area (Å²) >= 11 is 8.93. The molecule has 184 valence electrons. The Bertz CT molecular complexity index is 1500. The number of halogens is 1. The van der Waals surface area contributed by atoms with Crippen LogP contribution < -0.4 is 4.90 Å². The van der Waals surface area contributed by atoms with E-state index in [1.807, 2.05) is 84.9 Å². The molecule has 0 spiro atoms. The van der Waals surface area contributed by atoms with Gasteiger partial charge in [-0.3, -0.25) is 14.5 Å². The monoisotopic (exact) mass is 545 g/mol. The van der Waals surface area contributed by atoms with Crippen LogP contribution in [0.1, 0.15) is 22.7 Å². The summed E-state index contributed by atoms with van der Waals surface area (Å²) in [5.74, 6) is -1.15. The summed E-state index contributed by atoms with van der Waals surface area (Å²) in [4.78, 5) is 27.9. The van der Waals surface area contributed by atoms with Crippen LogP contribution in [0.4, 0.5) is 5.13 Å². The van der Waals surface area contributed by atoms with Crippen LogP contribution in [0.25, 0.3) is 6.08 Å². The Morgan fingerprint density at radius 1 is 1.00 bits per heavy atom. The van der Waals surface area contributed by atoms with Crippen molar-refractivity contribution in [3.63, 3.8) is 0 Å². The van der Waals surface area contributed by atoms with Gasteiger partial charge in [0.05, 0.1) is 11.6 Å². The van der Waals surface area contributed by atoms with E-state index >= 15 is 0 Å². The zero-order valence-electron chi connectivity index (χ0n) is 19.3. The van der Waals surface area contributed by atoms with Crippen molar-refractivity contribution in [1.29, 1.82) is 0 Å². The van der Waals surface area contributed by atoms with Crippen molar-refractivity contribution in [3.05, 3.63) is 124 Å². The van der Waals surface area contributed by atoms with E-state index in [4.69, 9.17) is 11.6 Å². The number of hydrogen-bond acceptors (Lipinski definition) is 7. The second-order valence-corrected chi connectivity index (χ2v) is 10.7. The Kier molecular flexibility index (Phi) is 7.50. The molecule has 4 aromatic rings. The van der Waals surface area contributed by atoms with Crippen molar-refractivity contribution in [2.75, 3.05) is 4.90 Å². The summed E-state index contributed by atoms with van der Waals surface area (Å²) in [5, 5.41) is 20.3. The quantitative estimate of drug-likeness (QED) is 0.151. The van der Waals surface area contributed by atoms with E-state index in [2.05, 4.69) is 10.2 Å². The molecule has 2 heterocycles. The van der Waals surface area contributed by atoms with Crippen molar-refractivity contribution in [2.45, 2.75) is 16.1 Å². The Labute approximate surface area is 226 Å². The molecule has 37 heavy (non-hydrogen) atoms. The van der Waals surface area contributed by atoms with Gasteiger partial charge in [-0.15, -0.1) is 10.2 Å². The lowest BCUT2D eigenvalue weighted by Gasteiger charge is -2.23. The van der Waals surface area contributed by atoms with Gasteiger partial charge in [0.2, 0.25) is 5.13 Å². The fourth-order valence-electron chi connectivity index (χ4n) is 3.94. The van der Waals surface area contributed by atoms with E-state index in [0.717, 1.165) is 11.1 Å². The highest BCUT2D eigenvalue weighted by Gasteiger charge is 2.45. The number of hydrogen-bond donors (Lipinski definition) is 1. The highest BCUT2D eigenvalue weighted by atomic mass is 35.5. The maximum atomic E-state index is 13.3. The molecule has 0 aliphatic carbocycles. The van der Waals surface area contributed by atoms with Crippen LogP contribution >= 0.6 is 34.7 Å². The topological polar surface area (TPSA) is 83.4 Å². The molecule has 0 saturated carbocycles. The molecule has 9 heteroatoms. The van der Waals surface area contributed by atoms with E-state index in [1.165, 1.54) is 34.1 Å². The number of carbonyl (C=O) groups is 2. The molecule has 1 amide bonds. The number of allylic oxidation sites excluding steroid dienone is 1. The van der Waals surface area contributed by atoms with Crippen LogP contribution in [-0.4, -0.2) is 27.0 Å². The largest absolute Gasteiger partial charge is 0.503 e. The number of nitrogens with zero attached hydrogens (tertiary/aromatic N) is 3. The normalized spacial score (nSPS) is 15.6. The van der Waals surface area contributed by atoms with Crippen LogP contribution in [0.3, 0.4) is 0 Å². The fraction of sp³-hybridized carbons (Fsp3) is 0.0714. The lowest BCUT2D eigenvalue weighted by molar-refractivity contribution is -0.117. The van der Waals surface area contributed by atoms with Crippen LogP contribution in [0.5, 0.6) is 0 Å². The molecule has 1 aliphatic heterocycles. The number of anilines is 1. The van der Waals surface area contributed by atoms with Gasteiger partial charge in [-0.25, -0.2) is 0 Å². The maximum Gasteiger partial charge on any atom is 0.296 e. The second kappa shape index (κ2) is 11.1. The highest BCUT2D eigenvalue weighted by molar-refractivity contribution is 8.00. The maximum absolute atomic E-state index is 13.3. The average molecular weight is 546 g/mol. The van der Waals surface area contributed by atoms with E-state index in [1.54, 1.807) is 6.08 Å². The minimum atomic E-state index is -0.837. The van der Waals surface area contributed by atoms with Gasteiger partial charge in [0.1, 0.15) is 0 Å². The number of rotatable bonds is 8. The molecule has 5 rings (SSSR count). The molecule has 6 nitrogen and oxygen atoms in total. The number of aliphatic hydroxyl groups excluding tert-OH is 1. The van der Waals surface area contributed by atoms with E-state index in [-0.39, 0.29) is 5.57 Å².